The summed E-state index contributed by atoms with van der Waals surface area (Å²) in [6.07, 6.45) is 1.18. The molecule has 7 nitrogen and oxygen atoms in total. The van der Waals surface area contributed by atoms with Gasteiger partial charge < -0.3 is 21.3 Å². The van der Waals surface area contributed by atoms with E-state index < -0.39 is 18.1 Å². The predicted molar refractivity (Wildman–Crippen MR) is 95.5 cm³/mol. The first-order valence-corrected chi connectivity index (χ1v) is 9.10. The second kappa shape index (κ2) is 7.03. The molecular weight excluding hydrogens is 320 g/mol. The van der Waals surface area contributed by atoms with Gasteiger partial charge in [0.25, 0.3) is 0 Å². The Bertz CT molecular complexity index is 555. The third kappa shape index (κ3) is 3.87. The third-order valence-corrected chi connectivity index (χ3v) is 5.23. The molecule has 0 aromatic heterocycles. The van der Waals surface area contributed by atoms with Crippen LogP contribution in [0.3, 0.4) is 0 Å². The molecule has 142 valence electrons. The smallest absolute Gasteiger partial charge is 0.240 e. The zero-order chi connectivity index (χ0) is 19.1. The van der Waals surface area contributed by atoms with E-state index in [1.807, 2.05) is 34.6 Å². The topological polar surface area (TPSA) is 110 Å². The quantitative estimate of drug-likeness (QED) is 0.746. The highest BCUT2D eigenvalue weighted by molar-refractivity contribution is 5.99. The molecule has 0 spiro atoms. The molecule has 0 aliphatic carbocycles. The highest BCUT2D eigenvalue weighted by Gasteiger charge is 2.52. The molecule has 2 amide bonds. The van der Waals surface area contributed by atoms with Crippen LogP contribution in [0, 0.1) is 11.3 Å². The normalized spacial score (nSPS) is 26.2. The van der Waals surface area contributed by atoms with Crippen LogP contribution in [0.5, 0.6) is 0 Å². The minimum Gasteiger partial charge on any atom is -0.329 e. The minimum absolute atomic E-state index is 0.0289. The van der Waals surface area contributed by atoms with E-state index in [-0.39, 0.29) is 35.6 Å². The summed E-state index contributed by atoms with van der Waals surface area (Å²) in [7, 11) is 0. The molecule has 4 unspecified atom stereocenters. The predicted octanol–water partition coefficient (Wildman–Crippen LogP) is 0.114. The molecule has 0 saturated carbocycles. The van der Waals surface area contributed by atoms with E-state index in [1.54, 1.807) is 9.80 Å². The van der Waals surface area contributed by atoms with Gasteiger partial charge in [0, 0.05) is 6.54 Å². The van der Waals surface area contributed by atoms with Gasteiger partial charge in [-0.05, 0) is 24.2 Å². The largest absolute Gasteiger partial charge is 0.329 e. The number of Topliss-reactive ketones (excluding diaryl/α,β-unsaturated/α-hetero) is 1. The number of nitrogens with zero attached hydrogens (tertiary/aromatic N) is 2. The number of carbonyl (C=O) groups excluding carboxylic acids is 3. The van der Waals surface area contributed by atoms with Gasteiger partial charge >= 0.3 is 0 Å². The van der Waals surface area contributed by atoms with Gasteiger partial charge in [0.1, 0.15) is 6.04 Å². The van der Waals surface area contributed by atoms with Gasteiger partial charge in [-0.15, -0.1) is 0 Å². The van der Waals surface area contributed by atoms with Crippen LogP contribution >= 0.6 is 0 Å². The maximum absolute atomic E-state index is 12.8. The van der Waals surface area contributed by atoms with Crippen LogP contribution in [0.1, 0.15) is 47.5 Å². The number of fused-ring (bicyclic) bond motifs is 1. The number of likely N-dealkylation sites (tertiary alicyclic amines) is 2. The van der Waals surface area contributed by atoms with Crippen LogP contribution in [-0.4, -0.2) is 64.7 Å². The van der Waals surface area contributed by atoms with Crippen molar-refractivity contribution in [2.24, 2.45) is 22.8 Å². The fourth-order valence-corrected chi connectivity index (χ4v) is 3.73. The lowest BCUT2D eigenvalue weighted by molar-refractivity contribution is -0.137. The maximum atomic E-state index is 12.8. The standard InChI is InChI=1S/C18H32N4O3/c1-10(2)8-11(19)16(24)21-7-6-12-14(21)13(23)9-22(12)17(25)15(20)18(3,4)5/h10-12,14-15H,6-9,19-20H2,1-5H3. The molecule has 2 aliphatic heterocycles. The zero-order valence-corrected chi connectivity index (χ0v) is 16.0. The summed E-state index contributed by atoms with van der Waals surface area (Å²) in [6, 6.07) is -2.12. The summed E-state index contributed by atoms with van der Waals surface area (Å²) in [4.78, 5) is 41.1. The number of rotatable bonds is 4. The Balaban J connectivity index is 2.14. The number of ketones is 1. The molecule has 0 aromatic carbocycles. The highest BCUT2D eigenvalue weighted by Crippen LogP contribution is 2.32. The fourth-order valence-electron chi connectivity index (χ4n) is 3.73. The lowest BCUT2D eigenvalue weighted by Gasteiger charge is -2.32. The van der Waals surface area contributed by atoms with Gasteiger partial charge in [0.2, 0.25) is 11.8 Å². The van der Waals surface area contributed by atoms with E-state index in [1.165, 1.54) is 0 Å². The Kier molecular flexibility index (Phi) is 5.59. The maximum Gasteiger partial charge on any atom is 0.240 e. The van der Waals surface area contributed by atoms with E-state index in [0.717, 1.165) is 0 Å². The summed E-state index contributed by atoms with van der Waals surface area (Å²) in [6.45, 7) is 10.2. The van der Waals surface area contributed by atoms with Crippen LogP contribution < -0.4 is 11.5 Å². The van der Waals surface area contributed by atoms with Crippen molar-refractivity contribution in [3.05, 3.63) is 0 Å². The average Bonchev–Trinajstić information content (AvgIpc) is 3.05. The SMILES string of the molecule is CC(C)CC(N)C(=O)N1CCC2C1C(=O)CN2C(=O)C(N)C(C)(C)C. The minimum atomic E-state index is -0.674. The summed E-state index contributed by atoms with van der Waals surface area (Å²) < 4.78 is 0. The monoisotopic (exact) mass is 352 g/mol. The molecule has 0 bridgehead atoms. The fraction of sp³-hybridized carbons (Fsp3) is 0.833. The number of hydrogen-bond acceptors (Lipinski definition) is 5. The number of amides is 2. The lowest BCUT2D eigenvalue weighted by atomic mass is 9.86. The van der Waals surface area contributed by atoms with Crippen molar-refractivity contribution in [3.8, 4) is 0 Å². The van der Waals surface area contributed by atoms with Crippen molar-refractivity contribution < 1.29 is 14.4 Å². The van der Waals surface area contributed by atoms with Crippen LogP contribution in [0.4, 0.5) is 0 Å². The molecule has 0 radical (unpaired) electrons. The highest BCUT2D eigenvalue weighted by atomic mass is 16.2. The first kappa shape index (κ1) is 19.8. The van der Waals surface area contributed by atoms with Gasteiger partial charge in [0.15, 0.2) is 5.78 Å². The number of carbonyl (C=O) groups is 3. The number of hydrogen-bond donors (Lipinski definition) is 2. The molecule has 0 aromatic rings. The van der Waals surface area contributed by atoms with Gasteiger partial charge in [-0.3, -0.25) is 14.4 Å². The van der Waals surface area contributed by atoms with Crippen molar-refractivity contribution in [2.45, 2.75) is 71.6 Å². The summed E-state index contributed by atoms with van der Waals surface area (Å²) in [5.74, 6) is -0.195. The molecule has 2 fully saturated rings. The Morgan fingerprint density at radius 3 is 2.28 bits per heavy atom. The second-order valence-electron chi connectivity index (χ2n) is 8.84. The molecule has 2 heterocycles. The van der Waals surface area contributed by atoms with Crippen LogP contribution in [0.25, 0.3) is 0 Å². The Morgan fingerprint density at radius 2 is 1.76 bits per heavy atom. The second-order valence-corrected chi connectivity index (χ2v) is 8.84. The summed E-state index contributed by atoms with van der Waals surface area (Å²) in [5.41, 5.74) is 11.7. The van der Waals surface area contributed by atoms with Crippen molar-refractivity contribution in [1.82, 2.24) is 9.80 Å². The third-order valence-electron chi connectivity index (χ3n) is 5.23. The molecule has 25 heavy (non-hydrogen) atoms. The van der Waals surface area contributed by atoms with E-state index in [0.29, 0.717) is 25.3 Å². The van der Waals surface area contributed by atoms with Crippen molar-refractivity contribution >= 4 is 17.6 Å². The molecule has 4 atom stereocenters. The molecular formula is C18H32N4O3. The first-order chi connectivity index (χ1) is 11.4. The molecule has 4 N–H and O–H groups in total. The zero-order valence-electron chi connectivity index (χ0n) is 16.0. The van der Waals surface area contributed by atoms with Crippen LogP contribution in [0.2, 0.25) is 0 Å². The molecule has 2 aliphatic rings. The summed E-state index contributed by atoms with van der Waals surface area (Å²) >= 11 is 0. The van der Waals surface area contributed by atoms with Gasteiger partial charge in [-0.1, -0.05) is 34.6 Å². The molecule has 7 heteroatoms. The lowest BCUT2D eigenvalue weighted by Crippen LogP contribution is -2.53. The van der Waals surface area contributed by atoms with Crippen LogP contribution in [0.15, 0.2) is 0 Å². The Hall–Kier alpha value is -1.47. The van der Waals surface area contributed by atoms with Gasteiger partial charge in [-0.25, -0.2) is 0 Å². The molecule has 2 rings (SSSR count). The average molecular weight is 352 g/mol. The molecule has 2 saturated heterocycles. The first-order valence-electron chi connectivity index (χ1n) is 9.10. The van der Waals surface area contributed by atoms with E-state index in [9.17, 15) is 14.4 Å². The van der Waals surface area contributed by atoms with Crippen molar-refractivity contribution in [1.29, 1.82) is 0 Å². The van der Waals surface area contributed by atoms with Crippen molar-refractivity contribution in [3.63, 3.8) is 0 Å². The Labute approximate surface area is 150 Å². The van der Waals surface area contributed by atoms with Crippen LogP contribution in [-0.2, 0) is 14.4 Å². The number of nitrogens with two attached hydrogens (primary N) is 2. The van der Waals surface area contributed by atoms with E-state index in [4.69, 9.17) is 11.5 Å². The van der Waals surface area contributed by atoms with Crippen molar-refractivity contribution in [2.75, 3.05) is 13.1 Å². The summed E-state index contributed by atoms with van der Waals surface area (Å²) in [5, 5.41) is 0. The Morgan fingerprint density at radius 1 is 1.16 bits per heavy atom. The van der Waals surface area contributed by atoms with Gasteiger partial charge in [0.05, 0.1) is 24.7 Å². The van der Waals surface area contributed by atoms with Gasteiger partial charge in [-0.2, -0.15) is 0 Å². The van der Waals surface area contributed by atoms with E-state index >= 15 is 0 Å². The van der Waals surface area contributed by atoms with E-state index in [2.05, 4.69) is 0 Å².